The average Bonchev–Trinajstić information content (AvgIpc) is 3.31. The number of benzene rings is 1. The van der Waals surface area contributed by atoms with E-state index < -0.39 is 11.9 Å². The van der Waals surface area contributed by atoms with Crippen molar-refractivity contribution in [3.63, 3.8) is 0 Å². The van der Waals surface area contributed by atoms with E-state index in [1.54, 1.807) is 12.1 Å². The van der Waals surface area contributed by atoms with E-state index in [-0.39, 0.29) is 5.76 Å². The minimum Gasteiger partial charge on any atom is -0.465 e. The number of nitrogens with one attached hydrogen (secondary N) is 1. The topological polar surface area (TPSA) is 68.5 Å². The summed E-state index contributed by atoms with van der Waals surface area (Å²) >= 11 is 1.28. The zero-order valence-corrected chi connectivity index (χ0v) is 14.7. The third-order valence-corrected chi connectivity index (χ3v) is 4.72. The fourth-order valence-corrected chi connectivity index (χ4v) is 3.41. The molecule has 6 heteroatoms. The van der Waals surface area contributed by atoms with Crippen molar-refractivity contribution < 1.29 is 18.7 Å². The first kappa shape index (κ1) is 17.0. The first-order valence-electron chi connectivity index (χ1n) is 7.78. The molecule has 1 aromatic carbocycles. The first-order valence-corrected chi connectivity index (χ1v) is 8.66. The van der Waals surface area contributed by atoms with E-state index in [0.717, 1.165) is 17.5 Å². The van der Waals surface area contributed by atoms with Crippen LogP contribution < -0.4 is 5.32 Å². The molecule has 128 valence electrons. The summed E-state index contributed by atoms with van der Waals surface area (Å²) in [5, 5.41) is 5.00. The summed E-state index contributed by atoms with van der Waals surface area (Å²) in [6, 6.07) is 11.2. The molecule has 0 aliphatic heterocycles. The van der Waals surface area contributed by atoms with Gasteiger partial charge >= 0.3 is 5.97 Å². The Hall–Kier alpha value is -2.86. The maximum Gasteiger partial charge on any atom is 0.341 e. The fraction of sp³-hybridized carbons (Fsp3) is 0.158. The van der Waals surface area contributed by atoms with Gasteiger partial charge in [-0.15, -0.1) is 11.3 Å². The molecule has 0 atom stereocenters. The number of furan rings is 1. The molecule has 0 aliphatic carbocycles. The Balaban J connectivity index is 1.97. The molecule has 5 nitrogen and oxygen atoms in total. The molecule has 2 aromatic heterocycles. The number of esters is 1. The second kappa shape index (κ2) is 7.36. The van der Waals surface area contributed by atoms with E-state index in [1.807, 2.05) is 29.6 Å². The van der Waals surface area contributed by atoms with Crippen LogP contribution in [0.4, 0.5) is 5.00 Å². The van der Waals surface area contributed by atoms with Gasteiger partial charge in [-0.3, -0.25) is 4.79 Å². The normalized spacial score (nSPS) is 10.5. The summed E-state index contributed by atoms with van der Waals surface area (Å²) in [5.74, 6) is -0.728. The van der Waals surface area contributed by atoms with E-state index in [2.05, 4.69) is 12.2 Å². The smallest absolute Gasteiger partial charge is 0.341 e. The van der Waals surface area contributed by atoms with Gasteiger partial charge in [-0.05, 0) is 29.7 Å². The maximum absolute atomic E-state index is 12.3. The highest BCUT2D eigenvalue weighted by Crippen LogP contribution is 2.36. The number of hydrogen-bond donors (Lipinski definition) is 1. The molecule has 3 rings (SSSR count). The third kappa shape index (κ3) is 3.49. The quantitative estimate of drug-likeness (QED) is 0.679. The van der Waals surface area contributed by atoms with Gasteiger partial charge in [-0.25, -0.2) is 4.79 Å². The highest BCUT2D eigenvalue weighted by Gasteiger charge is 2.23. The van der Waals surface area contributed by atoms with E-state index >= 15 is 0 Å². The summed E-state index contributed by atoms with van der Waals surface area (Å²) in [6.45, 7) is 2.09. The summed E-state index contributed by atoms with van der Waals surface area (Å²) in [4.78, 5) is 24.5. The molecule has 0 spiro atoms. The highest BCUT2D eigenvalue weighted by atomic mass is 32.1. The van der Waals surface area contributed by atoms with E-state index in [4.69, 9.17) is 9.15 Å². The molecule has 3 aromatic rings. The van der Waals surface area contributed by atoms with E-state index in [9.17, 15) is 9.59 Å². The summed E-state index contributed by atoms with van der Waals surface area (Å²) in [7, 11) is 1.32. The van der Waals surface area contributed by atoms with Crippen molar-refractivity contribution in [2.75, 3.05) is 12.4 Å². The average molecular weight is 355 g/mol. The lowest BCUT2D eigenvalue weighted by Gasteiger charge is -2.07. The number of rotatable bonds is 5. The number of anilines is 1. The van der Waals surface area contributed by atoms with Crippen LogP contribution in [0.1, 0.15) is 33.4 Å². The number of ether oxygens (including phenoxy) is 1. The van der Waals surface area contributed by atoms with Crippen LogP contribution in [0, 0.1) is 0 Å². The Morgan fingerprint density at radius 3 is 2.56 bits per heavy atom. The van der Waals surface area contributed by atoms with Gasteiger partial charge < -0.3 is 14.5 Å². The van der Waals surface area contributed by atoms with Crippen LogP contribution in [-0.2, 0) is 11.2 Å². The summed E-state index contributed by atoms with van der Waals surface area (Å²) in [5.41, 5.74) is 3.18. The largest absolute Gasteiger partial charge is 0.465 e. The Bertz CT molecular complexity index is 879. The molecule has 1 N–H and O–H groups in total. The lowest BCUT2D eigenvalue weighted by Crippen LogP contribution is -2.13. The zero-order valence-electron chi connectivity index (χ0n) is 13.9. The van der Waals surface area contributed by atoms with Crippen molar-refractivity contribution in [1.29, 1.82) is 0 Å². The van der Waals surface area contributed by atoms with Crippen LogP contribution in [0.2, 0.25) is 0 Å². The van der Waals surface area contributed by atoms with Crippen LogP contribution in [0.3, 0.4) is 0 Å². The maximum atomic E-state index is 12.3. The van der Waals surface area contributed by atoms with Gasteiger partial charge in [0.1, 0.15) is 10.6 Å². The van der Waals surface area contributed by atoms with E-state index in [0.29, 0.717) is 10.6 Å². The number of aryl methyl sites for hydroxylation is 1. The molecule has 0 aliphatic rings. The van der Waals surface area contributed by atoms with Crippen LogP contribution >= 0.6 is 11.3 Å². The molecule has 0 bridgehead atoms. The molecule has 2 heterocycles. The van der Waals surface area contributed by atoms with Gasteiger partial charge in [0.05, 0.1) is 13.4 Å². The lowest BCUT2D eigenvalue weighted by atomic mass is 10.0. The number of amides is 1. The number of thiophene rings is 1. The molecule has 0 radical (unpaired) electrons. The zero-order chi connectivity index (χ0) is 17.8. The lowest BCUT2D eigenvalue weighted by molar-refractivity contribution is 0.0603. The van der Waals surface area contributed by atoms with Gasteiger partial charge in [0.2, 0.25) is 0 Å². The van der Waals surface area contributed by atoms with Crippen LogP contribution in [0.25, 0.3) is 11.1 Å². The highest BCUT2D eigenvalue weighted by molar-refractivity contribution is 7.15. The third-order valence-electron chi connectivity index (χ3n) is 3.83. The van der Waals surface area contributed by atoms with Crippen molar-refractivity contribution in [2.45, 2.75) is 13.3 Å². The number of methoxy groups -OCH3 is 1. The minimum absolute atomic E-state index is 0.179. The SMILES string of the molecule is CCc1ccc(-c2csc(NC(=O)c3ccco3)c2C(=O)OC)cc1. The number of carbonyl (C=O) groups is 2. The van der Waals surface area contributed by atoms with Gasteiger partial charge in [-0.2, -0.15) is 0 Å². The molecule has 0 saturated heterocycles. The van der Waals surface area contributed by atoms with Crippen molar-refractivity contribution >= 4 is 28.2 Å². The molecule has 25 heavy (non-hydrogen) atoms. The van der Waals surface area contributed by atoms with Crippen molar-refractivity contribution in [3.05, 3.63) is 64.9 Å². The van der Waals surface area contributed by atoms with Gasteiger partial charge in [0.15, 0.2) is 5.76 Å². The Morgan fingerprint density at radius 2 is 1.96 bits per heavy atom. The van der Waals surface area contributed by atoms with Gasteiger partial charge in [-0.1, -0.05) is 31.2 Å². The van der Waals surface area contributed by atoms with Crippen molar-refractivity contribution in [1.82, 2.24) is 0 Å². The van der Waals surface area contributed by atoms with Crippen LogP contribution in [-0.4, -0.2) is 19.0 Å². The molecular formula is C19H17NO4S. The summed E-state index contributed by atoms with van der Waals surface area (Å²) in [6.07, 6.45) is 2.36. The minimum atomic E-state index is -0.495. The van der Waals surface area contributed by atoms with Crippen LogP contribution in [0.5, 0.6) is 0 Å². The second-order valence-electron chi connectivity index (χ2n) is 5.33. The van der Waals surface area contributed by atoms with E-state index in [1.165, 1.54) is 30.3 Å². The molecular weight excluding hydrogens is 338 g/mol. The van der Waals surface area contributed by atoms with Gasteiger partial charge in [0.25, 0.3) is 5.91 Å². The van der Waals surface area contributed by atoms with Gasteiger partial charge in [0, 0.05) is 10.9 Å². The predicted molar refractivity (Wildman–Crippen MR) is 97.1 cm³/mol. The van der Waals surface area contributed by atoms with Crippen LogP contribution in [0.15, 0.2) is 52.5 Å². The number of carbonyl (C=O) groups excluding carboxylic acids is 2. The summed E-state index contributed by atoms with van der Waals surface area (Å²) < 4.78 is 10.00. The Morgan fingerprint density at radius 1 is 1.20 bits per heavy atom. The fourth-order valence-electron chi connectivity index (χ4n) is 2.46. The first-order chi connectivity index (χ1) is 12.1. The molecule has 0 fully saturated rings. The molecule has 1 amide bonds. The Labute approximate surface area is 149 Å². The van der Waals surface area contributed by atoms with Crippen molar-refractivity contribution in [3.8, 4) is 11.1 Å². The van der Waals surface area contributed by atoms with Crippen molar-refractivity contribution in [2.24, 2.45) is 0 Å². The standard InChI is InChI=1S/C19H17NO4S/c1-3-12-6-8-13(9-7-12)14-11-25-18(16(14)19(22)23-2)20-17(21)15-5-4-10-24-15/h4-11H,3H2,1-2H3,(H,20,21). The number of hydrogen-bond acceptors (Lipinski definition) is 5. The predicted octanol–water partition coefficient (Wildman–Crippen LogP) is 4.61. The molecule has 0 saturated carbocycles. The second-order valence-corrected chi connectivity index (χ2v) is 6.21. The Kier molecular flexibility index (Phi) is 5.00. The molecule has 0 unspecified atom stereocenters. The monoisotopic (exact) mass is 355 g/mol.